The number of anilines is 1. The first-order valence-electron chi connectivity index (χ1n) is 4.63. The summed E-state index contributed by atoms with van der Waals surface area (Å²) in [6.45, 7) is 0. The molecule has 0 fully saturated rings. The topological polar surface area (TPSA) is 35.2 Å². The van der Waals surface area contributed by atoms with Crippen molar-refractivity contribution in [3.05, 3.63) is 52.0 Å². The van der Waals surface area contributed by atoms with E-state index in [0.29, 0.717) is 22.2 Å². The summed E-state index contributed by atoms with van der Waals surface area (Å²) in [5.41, 5.74) is 6.38. The molecule has 0 unspecified atom stereocenters. The summed E-state index contributed by atoms with van der Waals surface area (Å²) >= 11 is 9.22. The molecule has 0 aliphatic rings. The quantitative estimate of drug-likeness (QED) is 0.830. The van der Waals surface area contributed by atoms with E-state index < -0.39 is 0 Å². The lowest BCUT2D eigenvalue weighted by atomic mass is 10.3. The Kier molecular flexibility index (Phi) is 3.36. The predicted molar refractivity (Wildman–Crippen MR) is 70.1 cm³/mol. The van der Waals surface area contributed by atoms with E-state index in [2.05, 4.69) is 15.9 Å². The average molecular weight is 299 g/mol. The monoisotopic (exact) mass is 297 g/mol. The number of nitrogen functional groups attached to an aromatic ring is 1. The molecule has 2 aromatic carbocycles. The fraction of sp³-hybridized carbons (Fsp3) is 0. The minimum absolute atomic E-state index is 0.586. The van der Waals surface area contributed by atoms with Crippen LogP contribution in [0.3, 0.4) is 0 Å². The van der Waals surface area contributed by atoms with Crippen LogP contribution >= 0.6 is 27.5 Å². The van der Waals surface area contributed by atoms with Crippen LogP contribution in [0.25, 0.3) is 0 Å². The molecule has 0 spiro atoms. The van der Waals surface area contributed by atoms with Crippen molar-refractivity contribution < 1.29 is 4.74 Å². The van der Waals surface area contributed by atoms with Gasteiger partial charge in [0.25, 0.3) is 0 Å². The third-order valence-electron chi connectivity index (χ3n) is 2.00. The Morgan fingerprint density at radius 1 is 1.12 bits per heavy atom. The Balaban J connectivity index is 2.30. The van der Waals surface area contributed by atoms with Crippen molar-refractivity contribution in [3.8, 4) is 11.5 Å². The van der Waals surface area contributed by atoms with Crippen LogP contribution in [0.2, 0.25) is 5.02 Å². The molecule has 0 aromatic heterocycles. The molecule has 0 bridgehead atoms. The highest BCUT2D eigenvalue weighted by molar-refractivity contribution is 9.10. The number of hydrogen-bond donors (Lipinski definition) is 1. The van der Waals surface area contributed by atoms with E-state index >= 15 is 0 Å². The van der Waals surface area contributed by atoms with Gasteiger partial charge in [-0.15, -0.1) is 0 Å². The molecule has 2 nitrogen and oxygen atoms in total. The summed E-state index contributed by atoms with van der Waals surface area (Å²) in [4.78, 5) is 0. The van der Waals surface area contributed by atoms with Crippen LogP contribution in [0.4, 0.5) is 5.69 Å². The Hall–Kier alpha value is -1.19. The van der Waals surface area contributed by atoms with Gasteiger partial charge in [0.15, 0.2) is 5.75 Å². The van der Waals surface area contributed by atoms with Crippen molar-refractivity contribution in [1.29, 1.82) is 0 Å². The largest absolute Gasteiger partial charge is 0.455 e. The maximum absolute atomic E-state index is 5.86. The number of ether oxygens (including phenoxy) is 1. The summed E-state index contributed by atoms with van der Waals surface area (Å²) in [5.74, 6) is 1.27. The molecule has 2 rings (SSSR count). The van der Waals surface area contributed by atoms with Crippen molar-refractivity contribution in [3.63, 3.8) is 0 Å². The molecule has 2 aromatic rings. The van der Waals surface area contributed by atoms with Gasteiger partial charge in [-0.05, 0) is 36.4 Å². The SMILES string of the molecule is Nc1ccc(Br)cc1Oc1cccc(Cl)c1. The van der Waals surface area contributed by atoms with Gasteiger partial charge in [-0.1, -0.05) is 33.6 Å². The van der Waals surface area contributed by atoms with E-state index in [4.69, 9.17) is 22.1 Å². The highest BCUT2D eigenvalue weighted by Gasteiger charge is 2.03. The number of hydrogen-bond acceptors (Lipinski definition) is 2. The molecule has 16 heavy (non-hydrogen) atoms. The fourth-order valence-electron chi connectivity index (χ4n) is 1.25. The Morgan fingerprint density at radius 2 is 1.94 bits per heavy atom. The first-order chi connectivity index (χ1) is 7.65. The number of nitrogens with two attached hydrogens (primary N) is 1. The van der Waals surface area contributed by atoms with Crippen LogP contribution in [0.5, 0.6) is 11.5 Å². The van der Waals surface area contributed by atoms with Gasteiger partial charge in [-0.25, -0.2) is 0 Å². The maximum Gasteiger partial charge on any atom is 0.151 e. The summed E-state index contributed by atoms with van der Waals surface area (Å²) < 4.78 is 6.55. The minimum Gasteiger partial charge on any atom is -0.455 e. The van der Waals surface area contributed by atoms with Gasteiger partial charge in [-0.3, -0.25) is 0 Å². The third-order valence-corrected chi connectivity index (χ3v) is 2.73. The maximum atomic E-state index is 5.86. The molecule has 0 heterocycles. The Bertz CT molecular complexity index is 516. The van der Waals surface area contributed by atoms with Crippen molar-refractivity contribution in [2.75, 3.05) is 5.73 Å². The molecule has 0 amide bonds. The standard InChI is InChI=1S/C12H9BrClNO/c13-8-4-5-11(15)12(6-8)16-10-3-1-2-9(14)7-10/h1-7H,15H2. The van der Waals surface area contributed by atoms with E-state index in [9.17, 15) is 0 Å². The molecular weight excluding hydrogens is 289 g/mol. The van der Waals surface area contributed by atoms with Crippen molar-refractivity contribution >= 4 is 33.2 Å². The van der Waals surface area contributed by atoms with Gasteiger partial charge in [0, 0.05) is 9.50 Å². The molecule has 0 radical (unpaired) electrons. The zero-order chi connectivity index (χ0) is 11.5. The Morgan fingerprint density at radius 3 is 2.69 bits per heavy atom. The Labute approximate surface area is 107 Å². The lowest BCUT2D eigenvalue weighted by Crippen LogP contribution is -1.91. The van der Waals surface area contributed by atoms with Gasteiger partial charge in [0.05, 0.1) is 5.69 Å². The molecule has 2 N–H and O–H groups in total. The molecule has 0 aliphatic heterocycles. The fourth-order valence-corrected chi connectivity index (χ4v) is 1.77. The molecule has 4 heteroatoms. The molecule has 0 saturated carbocycles. The molecule has 82 valence electrons. The first kappa shape index (κ1) is 11.3. The van der Waals surface area contributed by atoms with Crippen molar-refractivity contribution in [1.82, 2.24) is 0 Å². The summed E-state index contributed by atoms with van der Waals surface area (Å²) in [7, 11) is 0. The number of rotatable bonds is 2. The summed E-state index contributed by atoms with van der Waals surface area (Å²) in [5, 5.41) is 0.631. The second kappa shape index (κ2) is 4.76. The number of benzene rings is 2. The van der Waals surface area contributed by atoms with Crippen LogP contribution in [-0.4, -0.2) is 0 Å². The first-order valence-corrected chi connectivity index (χ1v) is 5.81. The molecule has 0 saturated heterocycles. The normalized spacial score (nSPS) is 10.1. The van der Waals surface area contributed by atoms with Gasteiger partial charge >= 0.3 is 0 Å². The smallest absolute Gasteiger partial charge is 0.151 e. The summed E-state index contributed by atoms with van der Waals surface area (Å²) in [6, 6.07) is 12.6. The van der Waals surface area contributed by atoms with Gasteiger partial charge < -0.3 is 10.5 Å². The lowest BCUT2D eigenvalue weighted by Gasteiger charge is -2.08. The predicted octanol–water partition coefficient (Wildman–Crippen LogP) is 4.48. The zero-order valence-electron chi connectivity index (χ0n) is 8.28. The van der Waals surface area contributed by atoms with Gasteiger partial charge in [0.1, 0.15) is 5.75 Å². The zero-order valence-corrected chi connectivity index (χ0v) is 10.6. The lowest BCUT2D eigenvalue weighted by molar-refractivity contribution is 0.485. The van der Waals surface area contributed by atoms with Crippen molar-refractivity contribution in [2.45, 2.75) is 0 Å². The van der Waals surface area contributed by atoms with E-state index in [1.165, 1.54) is 0 Å². The highest BCUT2D eigenvalue weighted by Crippen LogP contribution is 2.31. The number of halogens is 2. The van der Waals surface area contributed by atoms with E-state index in [1.54, 1.807) is 18.2 Å². The van der Waals surface area contributed by atoms with E-state index in [1.807, 2.05) is 24.3 Å². The van der Waals surface area contributed by atoms with Crippen LogP contribution in [-0.2, 0) is 0 Å². The van der Waals surface area contributed by atoms with Crippen LogP contribution in [0.1, 0.15) is 0 Å². The molecule has 0 atom stereocenters. The third kappa shape index (κ3) is 2.68. The van der Waals surface area contributed by atoms with Crippen LogP contribution in [0.15, 0.2) is 46.9 Å². The average Bonchev–Trinajstić information content (AvgIpc) is 2.24. The summed E-state index contributed by atoms with van der Waals surface area (Å²) in [6.07, 6.45) is 0. The van der Waals surface area contributed by atoms with Crippen LogP contribution < -0.4 is 10.5 Å². The molecule has 0 aliphatic carbocycles. The van der Waals surface area contributed by atoms with E-state index in [0.717, 1.165) is 4.47 Å². The van der Waals surface area contributed by atoms with Gasteiger partial charge in [-0.2, -0.15) is 0 Å². The minimum atomic E-state index is 0.586. The van der Waals surface area contributed by atoms with Crippen LogP contribution in [0, 0.1) is 0 Å². The van der Waals surface area contributed by atoms with Gasteiger partial charge in [0.2, 0.25) is 0 Å². The second-order valence-corrected chi connectivity index (χ2v) is 4.59. The second-order valence-electron chi connectivity index (χ2n) is 3.24. The van der Waals surface area contributed by atoms with E-state index in [-0.39, 0.29) is 0 Å². The molecular formula is C12H9BrClNO. The van der Waals surface area contributed by atoms with Crippen molar-refractivity contribution in [2.24, 2.45) is 0 Å². The highest BCUT2D eigenvalue weighted by atomic mass is 79.9.